The zero-order valence-electron chi connectivity index (χ0n) is 10.6. The summed E-state index contributed by atoms with van der Waals surface area (Å²) >= 11 is 3.10. The summed E-state index contributed by atoms with van der Waals surface area (Å²) in [5.74, 6) is 3.79. The maximum atomic E-state index is 13.7. The summed E-state index contributed by atoms with van der Waals surface area (Å²) in [5.41, 5.74) is 1.73. The molecule has 2 rings (SSSR count). The highest BCUT2D eigenvalue weighted by atomic mass is 79.9. The van der Waals surface area contributed by atoms with E-state index in [4.69, 9.17) is 10.6 Å². The van der Waals surface area contributed by atoms with Crippen LogP contribution < -0.4 is 16.0 Å². The van der Waals surface area contributed by atoms with Gasteiger partial charge in [0, 0.05) is 4.47 Å². The summed E-state index contributed by atoms with van der Waals surface area (Å²) in [6, 6.07) is 4.01. The van der Waals surface area contributed by atoms with Crippen molar-refractivity contribution in [1.29, 1.82) is 0 Å². The van der Waals surface area contributed by atoms with Gasteiger partial charge in [-0.1, -0.05) is 15.9 Å². The summed E-state index contributed by atoms with van der Waals surface area (Å²) in [6.07, 6.45) is 0. The summed E-state index contributed by atoms with van der Waals surface area (Å²) in [5, 5.41) is 11.1. The van der Waals surface area contributed by atoms with Crippen LogP contribution in [0.1, 0.15) is 5.69 Å². The normalized spacial score (nSPS) is 10.3. The molecule has 0 aliphatic carbocycles. The number of nitrogens with zero attached hydrogens (tertiary/aromatic N) is 3. The number of benzene rings is 1. The van der Waals surface area contributed by atoms with Crippen molar-refractivity contribution in [3.8, 4) is 11.6 Å². The Morgan fingerprint density at radius 2 is 2.19 bits per heavy atom. The van der Waals surface area contributed by atoms with Gasteiger partial charge in [-0.3, -0.25) is 15.5 Å². The smallest absolute Gasteiger partial charge is 0.352 e. The van der Waals surface area contributed by atoms with Gasteiger partial charge in [0.2, 0.25) is 5.95 Å². The fraction of sp³-hybridized carbons (Fsp3) is 0.0909. The van der Waals surface area contributed by atoms with E-state index in [9.17, 15) is 14.5 Å². The predicted octanol–water partition coefficient (Wildman–Crippen LogP) is 2.67. The van der Waals surface area contributed by atoms with E-state index in [1.165, 1.54) is 19.1 Å². The monoisotopic (exact) mass is 357 g/mol. The second-order valence-corrected chi connectivity index (χ2v) is 4.78. The van der Waals surface area contributed by atoms with Crippen LogP contribution in [0, 0.1) is 22.9 Å². The minimum atomic E-state index is -0.707. The summed E-state index contributed by atoms with van der Waals surface area (Å²) < 4.78 is 19.4. The van der Waals surface area contributed by atoms with Crippen molar-refractivity contribution in [3.63, 3.8) is 0 Å². The van der Waals surface area contributed by atoms with Crippen molar-refractivity contribution in [2.24, 2.45) is 5.84 Å². The number of aromatic nitrogens is 2. The van der Waals surface area contributed by atoms with Crippen LogP contribution in [-0.2, 0) is 0 Å². The molecule has 2 aromatic rings. The number of halogens is 2. The van der Waals surface area contributed by atoms with Gasteiger partial charge in [-0.15, -0.1) is 0 Å². The minimum absolute atomic E-state index is 0.0375. The molecule has 0 atom stereocenters. The van der Waals surface area contributed by atoms with E-state index in [1.54, 1.807) is 0 Å². The highest BCUT2D eigenvalue weighted by molar-refractivity contribution is 9.10. The lowest BCUT2D eigenvalue weighted by molar-refractivity contribution is -0.386. The lowest BCUT2D eigenvalue weighted by Gasteiger charge is -2.09. The maximum Gasteiger partial charge on any atom is 0.352 e. The Labute approximate surface area is 126 Å². The van der Waals surface area contributed by atoms with Crippen molar-refractivity contribution in [2.75, 3.05) is 5.43 Å². The zero-order valence-corrected chi connectivity index (χ0v) is 12.2. The van der Waals surface area contributed by atoms with Crippen molar-refractivity contribution in [3.05, 3.63) is 44.3 Å². The van der Waals surface area contributed by atoms with Crippen molar-refractivity contribution >= 4 is 27.6 Å². The van der Waals surface area contributed by atoms with Crippen molar-refractivity contribution in [1.82, 2.24) is 9.97 Å². The highest BCUT2D eigenvalue weighted by Crippen LogP contribution is 2.34. The molecule has 0 saturated heterocycles. The minimum Gasteiger partial charge on any atom is -0.430 e. The number of aryl methyl sites for hydroxylation is 1. The van der Waals surface area contributed by atoms with Gasteiger partial charge in [0.15, 0.2) is 11.6 Å². The first-order valence-corrected chi connectivity index (χ1v) is 6.34. The third-order valence-electron chi connectivity index (χ3n) is 2.44. The molecule has 1 heterocycles. The summed E-state index contributed by atoms with van der Waals surface area (Å²) in [7, 11) is 0. The van der Waals surface area contributed by atoms with Crippen LogP contribution in [0.5, 0.6) is 11.6 Å². The number of nitrogens with two attached hydrogens (primary N) is 1. The lowest BCUT2D eigenvalue weighted by Crippen LogP contribution is -2.13. The average molecular weight is 358 g/mol. The van der Waals surface area contributed by atoms with Gasteiger partial charge in [0.25, 0.3) is 0 Å². The lowest BCUT2D eigenvalue weighted by atomic mass is 10.3. The summed E-state index contributed by atoms with van der Waals surface area (Å²) in [6.45, 7) is 1.39. The number of nitro groups is 1. The van der Waals surface area contributed by atoms with Gasteiger partial charge in [-0.05, 0) is 25.1 Å². The molecular formula is C11H9BrFN5O3. The summed E-state index contributed by atoms with van der Waals surface area (Å²) in [4.78, 5) is 17.9. The maximum absolute atomic E-state index is 13.7. The predicted molar refractivity (Wildman–Crippen MR) is 75.4 cm³/mol. The Hall–Kier alpha value is -2.33. The molecule has 0 spiro atoms. The molecule has 10 heteroatoms. The van der Waals surface area contributed by atoms with Crippen LogP contribution in [0.15, 0.2) is 22.7 Å². The van der Waals surface area contributed by atoms with Gasteiger partial charge >= 0.3 is 11.6 Å². The van der Waals surface area contributed by atoms with Gasteiger partial charge in [-0.2, -0.15) is 4.98 Å². The van der Waals surface area contributed by atoms with Gasteiger partial charge < -0.3 is 4.74 Å². The molecule has 0 fully saturated rings. The Kier molecular flexibility index (Phi) is 4.29. The molecule has 1 aromatic heterocycles. The van der Waals surface area contributed by atoms with Gasteiger partial charge in [0.1, 0.15) is 5.69 Å². The highest BCUT2D eigenvalue weighted by Gasteiger charge is 2.25. The van der Waals surface area contributed by atoms with E-state index in [1.807, 2.05) is 0 Å². The molecule has 3 N–H and O–H groups in total. The van der Waals surface area contributed by atoms with E-state index < -0.39 is 22.3 Å². The number of ether oxygens (including phenoxy) is 1. The Bertz CT molecular complexity index is 712. The first kappa shape index (κ1) is 15.1. The first-order chi connectivity index (χ1) is 9.92. The van der Waals surface area contributed by atoms with E-state index in [0.29, 0.717) is 4.47 Å². The molecule has 0 radical (unpaired) electrons. The molecular weight excluding hydrogens is 349 g/mol. The number of hydrogen-bond acceptors (Lipinski definition) is 7. The molecule has 110 valence electrons. The molecule has 0 unspecified atom stereocenters. The number of nitrogen functional groups attached to an aromatic ring is 1. The topological polar surface area (TPSA) is 116 Å². The molecule has 0 aliphatic rings. The van der Waals surface area contributed by atoms with Crippen LogP contribution in [0.4, 0.5) is 16.0 Å². The van der Waals surface area contributed by atoms with Crippen molar-refractivity contribution in [2.45, 2.75) is 6.92 Å². The first-order valence-electron chi connectivity index (χ1n) is 5.55. The fourth-order valence-electron chi connectivity index (χ4n) is 1.55. The standard InChI is InChI=1S/C11H9BrFN5O3/c1-5-9(18(19)20)10(16-11(15-5)17-14)21-8-3-2-6(12)4-7(8)13/h2-4H,14H2,1H3,(H,15,16,17). The third kappa shape index (κ3) is 3.23. The van der Waals surface area contributed by atoms with E-state index in [-0.39, 0.29) is 17.4 Å². The number of nitrogens with one attached hydrogen (secondary N) is 1. The second kappa shape index (κ2) is 5.97. The van der Waals surface area contributed by atoms with Gasteiger partial charge in [-0.25, -0.2) is 15.2 Å². The average Bonchev–Trinajstić information content (AvgIpc) is 2.40. The largest absolute Gasteiger partial charge is 0.430 e. The fourth-order valence-corrected chi connectivity index (χ4v) is 1.88. The quantitative estimate of drug-likeness (QED) is 0.490. The van der Waals surface area contributed by atoms with Crippen LogP contribution >= 0.6 is 15.9 Å². The molecule has 1 aromatic carbocycles. The van der Waals surface area contributed by atoms with Crippen LogP contribution in [0.25, 0.3) is 0 Å². The molecule has 8 nitrogen and oxygen atoms in total. The van der Waals surface area contributed by atoms with E-state index in [2.05, 4.69) is 31.3 Å². The van der Waals surface area contributed by atoms with E-state index >= 15 is 0 Å². The Morgan fingerprint density at radius 1 is 1.48 bits per heavy atom. The Morgan fingerprint density at radius 3 is 2.76 bits per heavy atom. The molecule has 0 bridgehead atoms. The molecule has 21 heavy (non-hydrogen) atoms. The zero-order chi connectivity index (χ0) is 15.6. The van der Waals surface area contributed by atoms with Crippen LogP contribution in [0.2, 0.25) is 0 Å². The number of hydrogen-bond donors (Lipinski definition) is 2. The Balaban J connectivity index is 2.51. The third-order valence-corrected chi connectivity index (χ3v) is 2.93. The number of hydrazine groups is 1. The van der Waals surface area contributed by atoms with Gasteiger partial charge in [0.05, 0.1) is 4.92 Å². The second-order valence-electron chi connectivity index (χ2n) is 3.86. The number of anilines is 1. The van der Waals surface area contributed by atoms with Crippen molar-refractivity contribution < 1.29 is 14.1 Å². The molecule has 0 aliphatic heterocycles. The van der Waals surface area contributed by atoms with Crippen LogP contribution in [-0.4, -0.2) is 14.9 Å². The van der Waals surface area contributed by atoms with Crippen LogP contribution in [0.3, 0.4) is 0 Å². The molecule has 0 saturated carbocycles. The SMILES string of the molecule is Cc1nc(NN)nc(Oc2ccc(Br)cc2F)c1[N+](=O)[O-]. The number of rotatable bonds is 4. The van der Waals surface area contributed by atoms with E-state index in [0.717, 1.165) is 6.07 Å². The molecule has 0 amide bonds.